The number of nitriles is 1. The lowest BCUT2D eigenvalue weighted by Crippen LogP contribution is -2.40. The summed E-state index contributed by atoms with van der Waals surface area (Å²) in [4.78, 5) is 2.21. The quantitative estimate of drug-likeness (QED) is 0.918. The zero-order valence-electron chi connectivity index (χ0n) is 10.7. The molecule has 0 spiro atoms. The second-order valence-electron chi connectivity index (χ2n) is 4.58. The summed E-state index contributed by atoms with van der Waals surface area (Å²) in [5.41, 5.74) is 1.51. The molecule has 0 bridgehead atoms. The first-order valence-electron chi connectivity index (χ1n) is 6.41. The van der Waals surface area contributed by atoms with Gasteiger partial charge in [0.2, 0.25) is 0 Å². The third-order valence-corrected chi connectivity index (χ3v) is 3.57. The van der Waals surface area contributed by atoms with Gasteiger partial charge in [-0.25, -0.2) is 0 Å². The predicted molar refractivity (Wildman–Crippen MR) is 74.4 cm³/mol. The van der Waals surface area contributed by atoms with Crippen LogP contribution < -0.4 is 4.90 Å². The standard InChI is InChI=1S/C14H17ClN2O2/c15-14-8-12(4-3-11(14)9-16)17-5-1-2-13(10-17)19-7-6-18/h3-4,8,13,18H,1-2,5-7,10H2. The van der Waals surface area contributed by atoms with Crippen molar-refractivity contribution in [3.05, 3.63) is 28.8 Å². The van der Waals surface area contributed by atoms with Gasteiger partial charge < -0.3 is 14.7 Å². The molecule has 5 heteroatoms. The fourth-order valence-electron chi connectivity index (χ4n) is 2.32. The van der Waals surface area contributed by atoms with E-state index < -0.39 is 0 Å². The van der Waals surface area contributed by atoms with Crippen molar-refractivity contribution in [1.29, 1.82) is 5.26 Å². The number of aliphatic hydroxyl groups is 1. The van der Waals surface area contributed by atoms with Crippen molar-refractivity contribution >= 4 is 17.3 Å². The van der Waals surface area contributed by atoms with E-state index >= 15 is 0 Å². The van der Waals surface area contributed by atoms with Gasteiger partial charge in [0, 0.05) is 18.8 Å². The molecule has 4 nitrogen and oxygen atoms in total. The molecular weight excluding hydrogens is 264 g/mol. The number of aliphatic hydroxyl groups excluding tert-OH is 1. The largest absolute Gasteiger partial charge is 0.394 e. The molecule has 19 heavy (non-hydrogen) atoms. The smallest absolute Gasteiger partial charge is 0.101 e. The highest BCUT2D eigenvalue weighted by atomic mass is 35.5. The molecule has 1 aliphatic rings. The number of piperidine rings is 1. The normalized spacial score (nSPS) is 19.2. The van der Waals surface area contributed by atoms with Crippen LogP contribution >= 0.6 is 11.6 Å². The van der Waals surface area contributed by atoms with E-state index in [4.69, 9.17) is 26.7 Å². The van der Waals surface area contributed by atoms with Gasteiger partial charge in [0.15, 0.2) is 0 Å². The summed E-state index contributed by atoms with van der Waals surface area (Å²) >= 11 is 6.06. The molecule has 2 rings (SSSR count). The van der Waals surface area contributed by atoms with E-state index in [0.717, 1.165) is 31.6 Å². The van der Waals surface area contributed by atoms with E-state index in [1.807, 2.05) is 12.1 Å². The van der Waals surface area contributed by atoms with E-state index in [2.05, 4.69) is 11.0 Å². The molecule has 102 valence electrons. The summed E-state index contributed by atoms with van der Waals surface area (Å²) < 4.78 is 5.58. The molecule has 1 aliphatic heterocycles. The number of nitrogens with zero attached hydrogens (tertiary/aromatic N) is 2. The second-order valence-corrected chi connectivity index (χ2v) is 4.99. The Hall–Kier alpha value is -1.28. The first-order chi connectivity index (χ1) is 9.24. The Morgan fingerprint density at radius 3 is 3.05 bits per heavy atom. The summed E-state index contributed by atoms with van der Waals surface area (Å²) in [7, 11) is 0. The first-order valence-corrected chi connectivity index (χ1v) is 6.79. The SMILES string of the molecule is N#Cc1ccc(N2CCCC(OCCO)C2)cc1Cl. The van der Waals surface area contributed by atoms with Gasteiger partial charge in [0.05, 0.1) is 29.9 Å². The molecule has 0 amide bonds. The van der Waals surface area contributed by atoms with Gasteiger partial charge in [-0.3, -0.25) is 0 Å². The molecular formula is C14H17ClN2O2. The molecule has 1 fully saturated rings. The molecule has 1 aromatic carbocycles. The van der Waals surface area contributed by atoms with Crippen molar-refractivity contribution in [3.8, 4) is 6.07 Å². The number of halogens is 1. The van der Waals surface area contributed by atoms with E-state index in [1.54, 1.807) is 6.07 Å². The van der Waals surface area contributed by atoms with Crippen LogP contribution in [0.3, 0.4) is 0 Å². The maximum Gasteiger partial charge on any atom is 0.101 e. The lowest BCUT2D eigenvalue weighted by atomic mass is 10.1. The minimum absolute atomic E-state index is 0.0548. The fraction of sp³-hybridized carbons (Fsp3) is 0.500. The Labute approximate surface area is 118 Å². The summed E-state index contributed by atoms with van der Waals surface area (Å²) in [6, 6.07) is 7.55. The maximum atomic E-state index is 8.87. The fourth-order valence-corrected chi connectivity index (χ4v) is 2.54. The Morgan fingerprint density at radius 2 is 2.37 bits per heavy atom. The maximum absolute atomic E-state index is 8.87. The van der Waals surface area contributed by atoms with Crippen molar-refractivity contribution < 1.29 is 9.84 Å². The number of benzene rings is 1. The Bertz CT molecular complexity index is 473. The van der Waals surface area contributed by atoms with Crippen LogP contribution in [0.15, 0.2) is 18.2 Å². The topological polar surface area (TPSA) is 56.5 Å². The lowest BCUT2D eigenvalue weighted by molar-refractivity contribution is 0.0214. The highest BCUT2D eigenvalue weighted by molar-refractivity contribution is 6.32. The van der Waals surface area contributed by atoms with Gasteiger partial charge in [-0.1, -0.05) is 11.6 Å². The van der Waals surface area contributed by atoms with Crippen molar-refractivity contribution in [3.63, 3.8) is 0 Å². The van der Waals surface area contributed by atoms with Crippen LogP contribution in [0.1, 0.15) is 18.4 Å². The molecule has 1 saturated heterocycles. The Morgan fingerprint density at radius 1 is 1.53 bits per heavy atom. The molecule has 1 unspecified atom stereocenters. The Balaban J connectivity index is 2.05. The van der Waals surface area contributed by atoms with Gasteiger partial charge in [0.25, 0.3) is 0 Å². The van der Waals surface area contributed by atoms with Crippen LogP contribution in [0, 0.1) is 11.3 Å². The molecule has 0 aliphatic carbocycles. The zero-order valence-corrected chi connectivity index (χ0v) is 11.4. The second kappa shape index (κ2) is 6.76. The van der Waals surface area contributed by atoms with Crippen LogP contribution in [0.25, 0.3) is 0 Å². The number of rotatable bonds is 4. The third-order valence-electron chi connectivity index (χ3n) is 3.26. The lowest BCUT2D eigenvalue weighted by Gasteiger charge is -2.34. The minimum atomic E-state index is 0.0548. The summed E-state index contributed by atoms with van der Waals surface area (Å²) in [5.74, 6) is 0. The summed E-state index contributed by atoms with van der Waals surface area (Å²) in [6.07, 6.45) is 2.21. The molecule has 1 N–H and O–H groups in total. The van der Waals surface area contributed by atoms with E-state index in [1.165, 1.54) is 0 Å². The predicted octanol–water partition coefficient (Wildman–Crippen LogP) is 2.19. The van der Waals surface area contributed by atoms with E-state index in [9.17, 15) is 0 Å². The highest BCUT2D eigenvalue weighted by Crippen LogP contribution is 2.26. The van der Waals surface area contributed by atoms with Gasteiger partial charge in [-0.05, 0) is 31.0 Å². The number of hydrogen-bond donors (Lipinski definition) is 1. The van der Waals surface area contributed by atoms with Gasteiger partial charge >= 0.3 is 0 Å². The van der Waals surface area contributed by atoms with Crippen LogP contribution in [-0.4, -0.2) is 37.5 Å². The summed E-state index contributed by atoms with van der Waals surface area (Å²) in [5, 5.41) is 18.1. The molecule has 1 heterocycles. The summed E-state index contributed by atoms with van der Waals surface area (Å²) in [6.45, 7) is 2.19. The van der Waals surface area contributed by atoms with Crippen LogP contribution in [-0.2, 0) is 4.74 Å². The third kappa shape index (κ3) is 3.60. The molecule has 1 atom stereocenters. The zero-order chi connectivity index (χ0) is 13.7. The van der Waals surface area contributed by atoms with Crippen LogP contribution in [0.2, 0.25) is 5.02 Å². The van der Waals surface area contributed by atoms with Crippen molar-refractivity contribution in [2.75, 3.05) is 31.2 Å². The molecule has 0 radical (unpaired) electrons. The van der Waals surface area contributed by atoms with Crippen LogP contribution in [0.5, 0.6) is 0 Å². The minimum Gasteiger partial charge on any atom is -0.394 e. The number of hydrogen-bond acceptors (Lipinski definition) is 4. The first kappa shape index (κ1) is 14.1. The van der Waals surface area contributed by atoms with Gasteiger partial charge in [0.1, 0.15) is 6.07 Å². The molecule has 0 saturated carbocycles. The average molecular weight is 281 g/mol. The van der Waals surface area contributed by atoms with Gasteiger partial charge in [-0.15, -0.1) is 0 Å². The van der Waals surface area contributed by atoms with Gasteiger partial charge in [-0.2, -0.15) is 5.26 Å². The monoisotopic (exact) mass is 280 g/mol. The van der Waals surface area contributed by atoms with Crippen LogP contribution in [0.4, 0.5) is 5.69 Å². The van der Waals surface area contributed by atoms with Crippen molar-refractivity contribution in [2.45, 2.75) is 18.9 Å². The average Bonchev–Trinajstić information content (AvgIpc) is 2.45. The molecule has 0 aromatic heterocycles. The van der Waals surface area contributed by atoms with E-state index in [-0.39, 0.29) is 12.7 Å². The Kier molecular flexibility index (Phi) is 5.03. The number of anilines is 1. The van der Waals surface area contributed by atoms with Crippen molar-refractivity contribution in [1.82, 2.24) is 0 Å². The number of ether oxygens (including phenoxy) is 1. The van der Waals surface area contributed by atoms with E-state index in [0.29, 0.717) is 17.2 Å². The molecule has 1 aromatic rings. The highest BCUT2D eigenvalue weighted by Gasteiger charge is 2.21. The van der Waals surface area contributed by atoms with Crippen molar-refractivity contribution in [2.24, 2.45) is 0 Å².